The van der Waals surface area contributed by atoms with Crippen molar-refractivity contribution >= 4 is 33.2 Å². The van der Waals surface area contributed by atoms with Crippen LogP contribution in [-0.4, -0.2) is 31.8 Å². The Balaban J connectivity index is 2.31. The Labute approximate surface area is 119 Å². The van der Waals surface area contributed by atoms with Crippen LogP contribution in [0.3, 0.4) is 0 Å². The van der Waals surface area contributed by atoms with Gasteiger partial charge in [-0.2, -0.15) is 0 Å². The highest BCUT2D eigenvalue weighted by molar-refractivity contribution is 7.89. The predicted molar refractivity (Wildman–Crippen MR) is 69.8 cm³/mol. The number of nitrogens with zero attached hydrogens (tertiary/aromatic N) is 1. The van der Waals surface area contributed by atoms with E-state index in [0.29, 0.717) is 0 Å². The summed E-state index contributed by atoms with van der Waals surface area (Å²) in [5, 5.41) is 13.0. The van der Waals surface area contributed by atoms with E-state index in [9.17, 15) is 23.3 Å². The topological polar surface area (TPSA) is 118 Å². The van der Waals surface area contributed by atoms with Crippen LogP contribution in [0.15, 0.2) is 23.1 Å². The number of hydrogen-bond acceptors (Lipinski definition) is 5. The molecule has 1 aliphatic heterocycles. The van der Waals surface area contributed by atoms with Gasteiger partial charge in [-0.25, -0.2) is 13.1 Å². The summed E-state index contributed by atoms with van der Waals surface area (Å²) >= 11 is 5.78. The summed E-state index contributed by atoms with van der Waals surface area (Å²) in [5.74, 6) is -0.261. The molecule has 0 aliphatic carbocycles. The Bertz CT molecular complexity index is 675. The third-order valence-corrected chi connectivity index (χ3v) is 4.72. The van der Waals surface area contributed by atoms with Crippen LogP contribution >= 0.6 is 11.6 Å². The average Bonchev–Trinajstić information content (AvgIpc) is 2.73. The highest BCUT2D eigenvalue weighted by atomic mass is 35.5. The summed E-state index contributed by atoms with van der Waals surface area (Å²) in [4.78, 5) is 20.6. The number of halogens is 1. The number of rotatable bonds is 4. The molecule has 1 aromatic carbocycles. The van der Waals surface area contributed by atoms with E-state index in [2.05, 4.69) is 10.0 Å². The van der Waals surface area contributed by atoms with Crippen LogP contribution in [0, 0.1) is 10.1 Å². The van der Waals surface area contributed by atoms with Gasteiger partial charge < -0.3 is 5.32 Å². The zero-order chi connectivity index (χ0) is 14.9. The van der Waals surface area contributed by atoms with Crippen molar-refractivity contribution in [2.45, 2.75) is 17.4 Å². The number of non-ortho nitro benzene ring substituents is 1. The number of nitro benzene ring substituents is 1. The zero-order valence-corrected chi connectivity index (χ0v) is 11.6. The third-order valence-electron chi connectivity index (χ3n) is 2.71. The van der Waals surface area contributed by atoms with Crippen LogP contribution in [-0.2, 0) is 14.8 Å². The van der Waals surface area contributed by atoms with E-state index in [1.165, 1.54) is 0 Å². The molecule has 0 saturated carbocycles. The zero-order valence-electron chi connectivity index (χ0n) is 10.00. The van der Waals surface area contributed by atoms with Crippen molar-refractivity contribution in [1.29, 1.82) is 0 Å². The van der Waals surface area contributed by atoms with E-state index in [1.54, 1.807) is 0 Å². The lowest BCUT2D eigenvalue weighted by molar-refractivity contribution is -0.385. The first-order valence-corrected chi connectivity index (χ1v) is 7.38. The highest BCUT2D eigenvalue weighted by Crippen LogP contribution is 2.26. The lowest BCUT2D eigenvalue weighted by Gasteiger charge is -2.12. The molecule has 1 fully saturated rings. The minimum atomic E-state index is -4.03. The number of sulfonamides is 1. The van der Waals surface area contributed by atoms with Gasteiger partial charge in [-0.05, 0) is 6.07 Å². The molecule has 20 heavy (non-hydrogen) atoms. The number of nitrogens with one attached hydrogen (secondary N) is 2. The molecule has 108 valence electrons. The molecule has 1 unspecified atom stereocenters. The van der Waals surface area contributed by atoms with Gasteiger partial charge in [-0.3, -0.25) is 14.9 Å². The fourth-order valence-electron chi connectivity index (χ4n) is 1.78. The SMILES string of the molecule is O=C1CC(NS(=O)(=O)c2cc([N+](=O)[O-])ccc2Cl)CN1. The highest BCUT2D eigenvalue weighted by Gasteiger charge is 2.29. The fourth-order valence-corrected chi connectivity index (χ4v) is 3.54. The number of nitro groups is 1. The second kappa shape index (κ2) is 5.35. The molecule has 2 N–H and O–H groups in total. The summed E-state index contributed by atoms with van der Waals surface area (Å²) < 4.78 is 26.6. The Hall–Kier alpha value is -1.71. The van der Waals surface area contributed by atoms with Crippen LogP contribution in [0.25, 0.3) is 0 Å². The Morgan fingerprint density at radius 3 is 2.70 bits per heavy atom. The maximum atomic E-state index is 12.1. The van der Waals surface area contributed by atoms with Crippen molar-refractivity contribution in [2.75, 3.05) is 6.54 Å². The summed E-state index contributed by atoms with van der Waals surface area (Å²) in [6.07, 6.45) is 0.0196. The fraction of sp³-hybridized carbons (Fsp3) is 0.300. The summed E-state index contributed by atoms with van der Waals surface area (Å²) in [6.45, 7) is 0.171. The lowest BCUT2D eigenvalue weighted by atomic mass is 10.3. The molecule has 10 heteroatoms. The van der Waals surface area contributed by atoms with Crippen molar-refractivity contribution in [3.63, 3.8) is 0 Å². The molecule has 1 saturated heterocycles. The van der Waals surface area contributed by atoms with Gasteiger partial charge in [0.15, 0.2) is 0 Å². The van der Waals surface area contributed by atoms with Crippen LogP contribution in [0.4, 0.5) is 5.69 Å². The van der Waals surface area contributed by atoms with Gasteiger partial charge in [0, 0.05) is 31.1 Å². The maximum Gasteiger partial charge on any atom is 0.270 e. The second-order valence-corrected chi connectivity index (χ2v) is 6.29. The van der Waals surface area contributed by atoms with Crippen LogP contribution in [0.1, 0.15) is 6.42 Å². The van der Waals surface area contributed by atoms with Gasteiger partial charge >= 0.3 is 0 Å². The molecule has 1 aromatic rings. The maximum absolute atomic E-state index is 12.1. The molecule has 1 amide bonds. The average molecular weight is 320 g/mol. The molecule has 1 heterocycles. The summed E-state index contributed by atoms with van der Waals surface area (Å²) in [5.41, 5.74) is -0.379. The van der Waals surface area contributed by atoms with Gasteiger partial charge in [-0.15, -0.1) is 0 Å². The quantitative estimate of drug-likeness (QED) is 0.615. The van der Waals surface area contributed by atoms with Crippen molar-refractivity contribution in [3.8, 4) is 0 Å². The normalized spacial score (nSPS) is 18.9. The molecule has 2 rings (SSSR count). The minimum Gasteiger partial charge on any atom is -0.354 e. The summed E-state index contributed by atoms with van der Waals surface area (Å²) in [6, 6.07) is 2.55. The molecule has 8 nitrogen and oxygen atoms in total. The lowest BCUT2D eigenvalue weighted by Crippen LogP contribution is -2.36. The van der Waals surface area contributed by atoms with E-state index in [4.69, 9.17) is 11.6 Å². The largest absolute Gasteiger partial charge is 0.354 e. The number of hydrogen-bond donors (Lipinski definition) is 2. The van der Waals surface area contributed by atoms with Gasteiger partial charge in [0.25, 0.3) is 5.69 Å². The first-order valence-electron chi connectivity index (χ1n) is 5.52. The van der Waals surface area contributed by atoms with Crippen LogP contribution in [0.5, 0.6) is 0 Å². The van der Waals surface area contributed by atoms with Crippen LogP contribution in [0.2, 0.25) is 5.02 Å². The third kappa shape index (κ3) is 3.06. The molecule has 1 aliphatic rings. The van der Waals surface area contributed by atoms with Crippen molar-refractivity contribution in [3.05, 3.63) is 33.3 Å². The Kier molecular flexibility index (Phi) is 3.93. The van der Waals surface area contributed by atoms with E-state index >= 15 is 0 Å². The smallest absolute Gasteiger partial charge is 0.270 e. The monoisotopic (exact) mass is 319 g/mol. The standard InChI is InChI=1S/C10H10ClN3O5S/c11-8-2-1-7(14(16)17)4-9(8)20(18,19)13-6-3-10(15)12-5-6/h1-2,4,6,13H,3,5H2,(H,12,15). The number of benzene rings is 1. The molecule has 0 aromatic heterocycles. The van der Waals surface area contributed by atoms with Gasteiger partial charge in [0.05, 0.1) is 9.95 Å². The molecule has 1 atom stereocenters. The molecular formula is C10H10ClN3O5S. The summed E-state index contributed by atoms with van der Waals surface area (Å²) in [7, 11) is -4.03. The molecular weight excluding hydrogens is 310 g/mol. The predicted octanol–water partition coefficient (Wildman–Crippen LogP) is 0.415. The Morgan fingerprint density at radius 1 is 1.45 bits per heavy atom. The van der Waals surface area contributed by atoms with Gasteiger partial charge in [-0.1, -0.05) is 11.6 Å². The first-order chi connectivity index (χ1) is 9.29. The first kappa shape index (κ1) is 14.7. The molecule has 0 bridgehead atoms. The number of carbonyl (C=O) groups is 1. The van der Waals surface area contributed by atoms with E-state index in [1.807, 2.05) is 0 Å². The van der Waals surface area contributed by atoms with Crippen LogP contribution < -0.4 is 10.0 Å². The molecule has 0 spiro atoms. The van der Waals surface area contributed by atoms with Gasteiger partial charge in [0.1, 0.15) is 4.90 Å². The van der Waals surface area contributed by atoms with Crippen molar-refractivity contribution in [1.82, 2.24) is 10.0 Å². The molecule has 0 radical (unpaired) electrons. The van der Waals surface area contributed by atoms with Gasteiger partial charge in [0.2, 0.25) is 15.9 Å². The van der Waals surface area contributed by atoms with E-state index < -0.39 is 21.0 Å². The van der Waals surface area contributed by atoms with Crippen molar-refractivity contribution < 1.29 is 18.1 Å². The van der Waals surface area contributed by atoms with E-state index in [0.717, 1.165) is 18.2 Å². The Morgan fingerprint density at radius 2 is 2.15 bits per heavy atom. The second-order valence-electron chi connectivity index (χ2n) is 4.20. The van der Waals surface area contributed by atoms with Crippen molar-refractivity contribution in [2.24, 2.45) is 0 Å². The minimum absolute atomic E-state index is 0.0196. The number of carbonyl (C=O) groups excluding carboxylic acids is 1. The van der Waals surface area contributed by atoms with E-state index in [-0.39, 0.29) is 34.5 Å². The number of amides is 1.